The number of nitriles is 1. The first kappa shape index (κ1) is 22.7. The number of rotatable bonds is 11. The lowest BCUT2D eigenvalue weighted by atomic mass is 10.2. The van der Waals surface area contributed by atoms with Crippen LogP contribution in [-0.4, -0.2) is 44.7 Å². The van der Waals surface area contributed by atoms with E-state index in [2.05, 4.69) is 33.4 Å². The molecule has 31 heavy (non-hydrogen) atoms. The highest BCUT2D eigenvalue weighted by molar-refractivity contribution is 7.26. The highest BCUT2D eigenvalue weighted by Gasteiger charge is 2.28. The molecule has 0 spiro atoms. The molecule has 1 aliphatic rings. The van der Waals surface area contributed by atoms with E-state index in [0.29, 0.717) is 42.2 Å². The molecule has 3 rings (SSSR count). The predicted molar refractivity (Wildman–Crippen MR) is 116 cm³/mol. The van der Waals surface area contributed by atoms with E-state index in [0.717, 1.165) is 12.8 Å². The van der Waals surface area contributed by atoms with Gasteiger partial charge in [-0.3, -0.25) is 9.36 Å². The maximum atomic E-state index is 12.4. The first-order valence-electron chi connectivity index (χ1n) is 9.63. The number of allylic oxidation sites excluding steroid dienone is 2. The summed E-state index contributed by atoms with van der Waals surface area (Å²) in [6.07, 6.45) is 9.12. The van der Waals surface area contributed by atoms with Crippen LogP contribution in [0.2, 0.25) is 0 Å². The zero-order chi connectivity index (χ0) is 22.1. The first-order valence-corrected chi connectivity index (χ1v) is 10.4. The minimum atomic E-state index is -0.364. The molecule has 3 atom stereocenters. The summed E-state index contributed by atoms with van der Waals surface area (Å²) in [6.45, 7) is 7.99. The lowest BCUT2D eigenvalue weighted by Gasteiger charge is -2.15. The van der Waals surface area contributed by atoms with E-state index in [1.165, 1.54) is 18.5 Å². The number of hydrogen-bond donors (Lipinski definition) is 1. The molecule has 3 heterocycles. The molecule has 0 aromatic carbocycles. The van der Waals surface area contributed by atoms with Crippen LogP contribution in [0.3, 0.4) is 0 Å². The Labute approximate surface area is 181 Å². The third-order valence-electron chi connectivity index (χ3n) is 4.47. The van der Waals surface area contributed by atoms with E-state index in [1.54, 1.807) is 12.4 Å². The third-order valence-corrected chi connectivity index (χ3v) is 5.08. The minimum absolute atomic E-state index is 0.0743. The topological polar surface area (TPSA) is 124 Å². The van der Waals surface area contributed by atoms with Crippen molar-refractivity contribution in [3.05, 3.63) is 49.6 Å². The lowest BCUT2D eigenvalue weighted by molar-refractivity contribution is -0.112. The Bertz CT molecular complexity index is 1010. The summed E-state index contributed by atoms with van der Waals surface area (Å²) in [5.41, 5.74) is 1.39. The molecule has 1 fully saturated rings. The van der Waals surface area contributed by atoms with Crippen LogP contribution in [0, 0.1) is 11.3 Å². The maximum absolute atomic E-state index is 12.4. The third kappa shape index (κ3) is 5.81. The molecule has 10 nitrogen and oxygen atoms in total. The van der Waals surface area contributed by atoms with Crippen LogP contribution in [-0.2, 0) is 18.6 Å². The van der Waals surface area contributed by atoms with Crippen LogP contribution < -0.4 is 5.32 Å². The van der Waals surface area contributed by atoms with Gasteiger partial charge in [0.15, 0.2) is 26.0 Å². The van der Waals surface area contributed by atoms with Gasteiger partial charge < -0.3 is 19.1 Å². The molecule has 1 amide bonds. The van der Waals surface area contributed by atoms with Crippen molar-refractivity contribution in [3.63, 3.8) is 0 Å². The first-order chi connectivity index (χ1) is 15.2. The second kappa shape index (κ2) is 11.4. The van der Waals surface area contributed by atoms with Gasteiger partial charge >= 0.3 is 0 Å². The van der Waals surface area contributed by atoms with E-state index in [1.807, 2.05) is 10.6 Å². The maximum Gasteiger partial charge on any atom is 0.256 e. The van der Waals surface area contributed by atoms with Crippen molar-refractivity contribution in [2.24, 2.45) is 0 Å². The van der Waals surface area contributed by atoms with Gasteiger partial charge in [0, 0.05) is 5.57 Å². The van der Waals surface area contributed by atoms with Crippen LogP contribution in [0.25, 0.3) is 11.2 Å². The number of hydrogen-bond acceptors (Lipinski definition) is 8. The van der Waals surface area contributed by atoms with Gasteiger partial charge in [0.1, 0.15) is 12.6 Å². The largest absolute Gasteiger partial charge is 0.352 e. The van der Waals surface area contributed by atoms with Gasteiger partial charge in [0.25, 0.3) is 5.91 Å². The Kier molecular flexibility index (Phi) is 8.38. The Morgan fingerprint density at radius 3 is 3.03 bits per heavy atom. The predicted octanol–water partition coefficient (Wildman–Crippen LogP) is 3.20. The number of nitrogens with zero attached hydrogens (tertiary/aromatic N) is 5. The number of imidazole rings is 1. The van der Waals surface area contributed by atoms with E-state index < -0.39 is 0 Å². The zero-order valence-corrected chi connectivity index (χ0v) is 17.9. The standard InChI is InChI=1S/C20H23N6O4P/c1-3-6-14(4-2)20(27)25-18-17-19(23-12-22-18)26(13-24-17)16-8-7-15(30-16)11-29-31-28-10-5-9-21/h3-4,6,12-13,15-16,31H,1-2,5,7-8,10-11H2,(H,22,23,25,27)/b14-6+. The van der Waals surface area contributed by atoms with Gasteiger partial charge in [-0.25, -0.2) is 15.0 Å². The summed E-state index contributed by atoms with van der Waals surface area (Å²) >= 11 is 0. The number of carbonyl (C=O) groups excluding carboxylic acids is 1. The second-order valence-corrected chi connectivity index (χ2v) is 7.25. The molecule has 3 unspecified atom stereocenters. The van der Waals surface area contributed by atoms with Gasteiger partial charge in [0.2, 0.25) is 0 Å². The van der Waals surface area contributed by atoms with E-state index in [9.17, 15) is 4.79 Å². The number of aromatic nitrogens is 4. The normalized spacial score (nSPS) is 19.0. The fourth-order valence-electron chi connectivity index (χ4n) is 3.02. The summed E-state index contributed by atoms with van der Waals surface area (Å²) in [6, 6.07) is 2.01. The minimum Gasteiger partial charge on any atom is -0.352 e. The Morgan fingerprint density at radius 1 is 1.39 bits per heavy atom. The van der Waals surface area contributed by atoms with Crippen molar-refractivity contribution in [1.29, 1.82) is 5.26 Å². The molecule has 2 aromatic rings. The van der Waals surface area contributed by atoms with Crippen molar-refractivity contribution in [2.45, 2.75) is 31.6 Å². The van der Waals surface area contributed by atoms with E-state index >= 15 is 0 Å². The van der Waals surface area contributed by atoms with Crippen molar-refractivity contribution in [1.82, 2.24) is 19.5 Å². The van der Waals surface area contributed by atoms with E-state index in [4.69, 9.17) is 19.0 Å². The molecule has 0 bridgehead atoms. The number of carbonyl (C=O) groups is 1. The number of amides is 1. The number of anilines is 1. The highest BCUT2D eigenvalue weighted by atomic mass is 31.1. The van der Waals surface area contributed by atoms with Gasteiger partial charge in [-0.15, -0.1) is 0 Å². The number of ether oxygens (including phenoxy) is 1. The molecule has 1 saturated heterocycles. The summed E-state index contributed by atoms with van der Waals surface area (Å²) < 4.78 is 18.6. The smallest absolute Gasteiger partial charge is 0.256 e. The van der Waals surface area contributed by atoms with Crippen LogP contribution in [0.15, 0.2) is 49.6 Å². The Hall–Kier alpha value is -2.96. The summed E-state index contributed by atoms with van der Waals surface area (Å²) in [5, 5.41) is 11.2. The fraction of sp³-hybridized carbons (Fsp3) is 0.350. The monoisotopic (exact) mass is 442 g/mol. The SMILES string of the molecule is C=C/C=C(\C=C)C(=O)Nc1ncnc2c1ncn2C1CCC(COPOCCC#N)O1. The average molecular weight is 442 g/mol. The van der Waals surface area contributed by atoms with Gasteiger partial charge in [-0.1, -0.05) is 31.4 Å². The summed E-state index contributed by atoms with van der Waals surface area (Å²) in [7, 11) is -0.118. The van der Waals surface area contributed by atoms with Crippen LogP contribution >= 0.6 is 9.03 Å². The molecule has 162 valence electrons. The van der Waals surface area contributed by atoms with E-state index in [-0.39, 0.29) is 27.3 Å². The average Bonchev–Trinajstić information content (AvgIpc) is 3.41. The molecule has 2 aromatic heterocycles. The van der Waals surface area contributed by atoms with Gasteiger partial charge in [-0.2, -0.15) is 5.26 Å². The molecule has 0 saturated carbocycles. The molecular weight excluding hydrogens is 419 g/mol. The van der Waals surface area contributed by atoms with Crippen LogP contribution in [0.4, 0.5) is 5.82 Å². The fourth-order valence-corrected chi connectivity index (χ4v) is 3.54. The van der Waals surface area contributed by atoms with Crippen LogP contribution in [0.5, 0.6) is 0 Å². The highest BCUT2D eigenvalue weighted by Crippen LogP contribution is 2.32. The quantitative estimate of drug-likeness (QED) is 0.243. The lowest BCUT2D eigenvalue weighted by Crippen LogP contribution is -2.16. The molecule has 1 N–H and O–H groups in total. The Morgan fingerprint density at radius 2 is 2.26 bits per heavy atom. The zero-order valence-electron chi connectivity index (χ0n) is 16.9. The van der Waals surface area contributed by atoms with Gasteiger partial charge in [-0.05, 0) is 12.8 Å². The van der Waals surface area contributed by atoms with Crippen molar-refractivity contribution >= 4 is 31.9 Å². The van der Waals surface area contributed by atoms with Crippen molar-refractivity contribution < 1.29 is 18.6 Å². The molecule has 0 aliphatic carbocycles. The second-order valence-electron chi connectivity index (χ2n) is 6.50. The molecule has 1 aliphatic heterocycles. The van der Waals surface area contributed by atoms with Crippen molar-refractivity contribution in [3.8, 4) is 6.07 Å². The Balaban J connectivity index is 1.63. The number of nitrogens with one attached hydrogen (secondary N) is 1. The molecule has 11 heteroatoms. The van der Waals surface area contributed by atoms with Crippen molar-refractivity contribution in [2.75, 3.05) is 18.5 Å². The molecular formula is C20H23N6O4P. The number of fused-ring (bicyclic) bond motifs is 1. The summed E-state index contributed by atoms with van der Waals surface area (Å²) in [5.74, 6) is -0.0595. The van der Waals surface area contributed by atoms with Gasteiger partial charge in [0.05, 0.1) is 38.1 Å². The summed E-state index contributed by atoms with van der Waals surface area (Å²) in [4.78, 5) is 25.3. The van der Waals surface area contributed by atoms with Crippen LogP contribution in [0.1, 0.15) is 25.5 Å². The molecule has 0 radical (unpaired) electrons.